The maximum atomic E-state index is 12.3. The van der Waals surface area contributed by atoms with Gasteiger partial charge in [-0.15, -0.1) is 0 Å². The van der Waals surface area contributed by atoms with Crippen LogP contribution in [0, 0.1) is 22.7 Å². The number of hydrogen-bond acceptors (Lipinski definition) is 2. The molecule has 0 amide bonds. The summed E-state index contributed by atoms with van der Waals surface area (Å²) in [5.74, 6) is 1.77. The van der Waals surface area contributed by atoms with E-state index in [-0.39, 0.29) is 16.9 Å². The van der Waals surface area contributed by atoms with Crippen molar-refractivity contribution >= 4 is 5.78 Å². The number of aliphatic hydroxyl groups is 1. The Morgan fingerprint density at radius 1 is 1.27 bits per heavy atom. The smallest absolute Gasteiger partial charge is 0.139 e. The molecule has 0 radical (unpaired) electrons. The maximum absolute atomic E-state index is 12.3. The Bertz CT molecular complexity index is 502. The third-order valence-electron chi connectivity index (χ3n) is 7.70. The van der Waals surface area contributed by atoms with Crippen LogP contribution in [0.15, 0.2) is 11.1 Å². The molecule has 2 unspecified atom stereocenters. The van der Waals surface area contributed by atoms with E-state index < -0.39 is 0 Å². The van der Waals surface area contributed by atoms with Crippen LogP contribution < -0.4 is 0 Å². The van der Waals surface area contributed by atoms with Gasteiger partial charge in [0.05, 0.1) is 6.10 Å². The summed E-state index contributed by atoms with van der Waals surface area (Å²) in [4.78, 5) is 12.3. The molecule has 0 aromatic carbocycles. The molecule has 3 fully saturated rings. The highest BCUT2D eigenvalue weighted by Crippen LogP contribution is 2.66. The first kappa shape index (κ1) is 16.2. The molecule has 1 N–H and O–H groups in total. The molecular formula is C20H32O2. The zero-order valence-electron chi connectivity index (χ0n) is 14.7. The number of fused-ring (bicyclic) bond motifs is 2. The van der Waals surface area contributed by atoms with Crippen LogP contribution in [-0.4, -0.2) is 17.0 Å². The molecule has 2 nitrogen and oxygen atoms in total. The Labute approximate surface area is 135 Å². The zero-order chi connectivity index (χ0) is 16.1. The predicted molar refractivity (Wildman–Crippen MR) is 89.5 cm³/mol. The topological polar surface area (TPSA) is 37.3 Å². The van der Waals surface area contributed by atoms with Gasteiger partial charge in [0.25, 0.3) is 0 Å². The molecule has 0 aliphatic heterocycles. The molecule has 2 heteroatoms. The summed E-state index contributed by atoms with van der Waals surface area (Å²) in [6, 6.07) is 0. The molecule has 3 aliphatic rings. The van der Waals surface area contributed by atoms with Gasteiger partial charge in [-0.05, 0) is 81.6 Å². The van der Waals surface area contributed by atoms with Crippen LogP contribution in [0.25, 0.3) is 0 Å². The zero-order valence-corrected chi connectivity index (χ0v) is 14.7. The minimum Gasteiger partial charge on any atom is -0.389 e. The second-order valence-electron chi connectivity index (χ2n) is 8.83. The van der Waals surface area contributed by atoms with Gasteiger partial charge >= 0.3 is 0 Å². The SMILES string of the molecule is CC(C)=C1CC[C@@H](CCC2(C)[C@@H]3CC[C@@]2(C)C(=O)C3)CC1O. The lowest BCUT2D eigenvalue weighted by atomic mass is 9.65. The fourth-order valence-corrected chi connectivity index (χ4v) is 5.68. The van der Waals surface area contributed by atoms with Crippen molar-refractivity contribution in [1.29, 1.82) is 0 Å². The molecule has 0 saturated heterocycles. The summed E-state index contributed by atoms with van der Waals surface area (Å²) in [7, 11) is 0. The van der Waals surface area contributed by atoms with Crippen LogP contribution in [0.4, 0.5) is 0 Å². The van der Waals surface area contributed by atoms with Crippen molar-refractivity contribution in [1.82, 2.24) is 0 Å². The van der Waals surface area contributed by atoms with Crippen LogP contribution in [0.1, 0.15) is 79.1 Å². The summed E-state index contributed by atoms with van der Waals surface area (Å²) < 4.78 is 0. The molecule has 3 saturated carbocycles. The average Bonchev–Trinajstić information content (AvgIpc) is 2.80. The Hall–Kier alpha value is -0.630. The summed E-state index contributed by atoms with van der Waals surface area (Å²) in [6.45, 7) is 8.82. The molecule has 0 aromatic rings. The standard InChI is InChI=1S/C20H32O2/c1-13(2)16-6-5-14(11-17(16)21)7-9-19(3)15-8-10-20(19,4)18(22)12-15/h14-15,17,21H,5-12H2,1-4H3/t14-,15+,17?,19?,20-/m0/s1. The molecule has 5 atom stereocenters. The molecular weight excluding hydrogens is 272 g/mol. The number of allylic oxidation sites excluding steroid dienone is 1. The third-order valence-corrected chi connectivity index (χ3v) is 7.70. The Balaban J connectivity index is 1.63. The second-order valence-corrected chi connectivity index (χ2v) is 8.83. The lowest BCUT2D eigenvalue weighted by Crippen LogP contribution is -2.35. The van der Waals surface area contributed by atoms with Crippen molar-refractivity contribution in [2.24, 2.45) is 22.7 Å². The first-order valence-electron chi connectivity index (χ1n) is 9.15. The number of Topliss-reactive ketones (excluding diaryl/α,β-unsaturated/α-hetero) is 1. The van der Waals surface area contributed by atoms with E-state index in [9.17, 15) is 9.90 Å². The number of hydrogen-bond donors (Lipinski definition) is 1. The Morgan fingerprint density at radius 3 is 2.50 bits per heavy atom. The van der Waals surface area contributed by atoms with Crippen LogP contribution in [0.3, 0.4) is 0 Å². The van der Waals surface area contributed by atoms with E-state index in [4.69, 9.17) is 0 Å². The van der Waals surface area contributed by atoms with E-state index in [1.165, 1.54) is 36.8 Å². The fraction of sp³-hybridized carbons (Fsp3) is 0.850. The van der Waals surface area contributed by atoms with Crippen LogP contribution in [0.5, 0.6) is 0 Å². The Morgan fingerprint density at radius 2 is 2.00 bits per heavy atom. The number of aliphatic hydroxyl groups excluding tert-OH is 1. The van der Waals surface area contributed by atoms with Crippen molar-refractivity contribution in [3.8, 4) is 0 Å². The molecule has 124 valence electrons. The van der Waals surface area contributed by atoms with Crippen LogP contribution in [0.2, 0.25) is 0 Å². The lowest BCUT2D eigenvalue weighted by Gasteiger charge is -2.39. The summed E-state index contributed by atoms with van der Waals surface area (Å²) in [5, 5.41) is 10.4. The Kier molecular flexibility index (Phi) is 4.04. The highest BCUT2D eigenvalue weighted by Gasteiger charge is 2.63. The monoisotopic (exact) mass is 304 g/mol. The second kappa shape index (κ2) is 5.47. The fourth-order valence-electron chi connectivity index (χ4n) is 5.68. The summed E-state index contributed by atoms with van der Waals surface area (Å²) in [5.41, 5.74) is 2.72. The van der Waals surface area contributed by atoms with Gasteiger partial charge in [0.15, 0.2) is 0 Å². The molecule has 0 spiro atoms. The minimum absolute atomic E-state index is 0.0595. The molecule has 3 rings (SSSR count). The van der Waals surface area contributed by atoms with Gasteiger partial charge < -0.3 is 5.11 Å². The van der Waals surface area contributed by atoms with Crippen molar-refractivity contribution in [2.75, 3.05) is 0 Å². The molecule has 22 heavy (non-hydrogen) atoms. The van der Waals surface area contributed by atoms with Crippen molar-refractivity contribution < 1.29 is 9.90 Å². The van der Waals surface area contributed by atoms with E-state index in [0.717, 1.165) is 25.7 Å². The largest absolute Gasteiger partial charge is 0.389 e. The highest BCUT2D eigenvalue weighted by molar-refractivity contribution is 5.89. The first-order valence-corrected chi connectivity index (χ1v) is 9.15. The maximum Gasteiger partial charge on any atom is 0.139 e. The van der Waals surface area contributed by atoms with E-state index in [0.29, 0.717) is 17.6 Å². The normalized spacial score (nSPS) is 44.7. The van der Waals surface area contributed by atoms with E-state index in [2.05, 4.69) is 27.7 Å². The highest BCUT2D eigenvalue weighted by atomic mass is 16.3. The minimum atomic E-state index is -0.228. The summed E-state index contributed by atoms with van der Waals surface area (Å²) in [6.07, 6.45) is 8.48. The van der Waals surface area contributed by atoms with Crippen molar-refractivity contribution in [3.63, 3.8) is 0 Å². The van der Waals surface area contributed by atoms with Gasteiger partial charge in [-0.1, -0.05) is 19.4 Å². The van der Waals surface area contributed by atoms with E-state index in [1.807, 2.05) is 0 Å². The van der Waals surface area contributed by atoms with E-state index in [1.54, 1.807) is 0 Å². The number of carbonyl (C=O) groups is 1. The van der Waals surface area contributed by atoms with Gasteiger partial charge in [0, 0.05) is 11.8 Å². The third kappa shape index (κ3) is 2.29. The van der Waals surface area contributed by atoms with E-state index >= 15 is 0 Å². The van der Waals surface area contributed by atoms with Gasteiger partial charge in [-0.25, -0.2) is 0 Å². The molecule has 0 heterocycles. The van der Waals surface area contributed by atoms with Crippen molar-refractivity contribution in [3.05, 3.63) is 11.1 Å². The first-order chi connectivity index (χ1) is 10.3. The molecule has 0 aromatic heterocycles. The molecule has 2 bridgehead atoms. The van der Waals surface area contributed by atoms with Crippen LogP contribution in [-0.2, 0) is 4.79 Å². The number of rotatable bonds is 3. The van der Waals surface area contributed by atoms with Gasteiger partial charge in [-0.3, -0.25) is 4.79 Å². The average molecular weight is 304 g/mol. The summed E-state index contributed by atoms with van der Waals surface area (Å²) >= 11 is 0. The number of carbonyl (C=O) groups excluding carboxylic acids is 1. The van der Waals surface area contributed by atoms with Crippen molar-refractivity contribution in [2.45, 2.75) is 85.2 Å². The van der Waals surface area contributed by atoms with Gasteiger partial charge in [0.1, 0.15) is 5.78 Å². The van der Waals surface area contributed by atoms with Gasteiger partial charge in [0.2, 0.25) is 0 Å². The van der Waals surface area contributed by atoms with Gasteiger partial charge in [-0.2, -0.15) is 0 Å². The predicted octanol–water partition coefficient (Wildman–Crippen LogP) is 4.66. The molecule has 3 aliphatic carbocycles. The number of ketones is 1. The van der Waals surface area contributed by atoms with Crippen LogP contribution >= 0.6 is 0 Å². The quantitative estimate of drug-likeness (QED) is 0.770. The lowest BCUT2D eigenvalue weighted by molar-refractivity contribution is -0.128.